The monoisotopic (exact) mass is 285 g/mol. The van der Waals surface area contributed by atoms with Gasteiger partial charge in [0.1, 0.15) is 0 Å². The van der Waals surface area contributed by atoms with E-state index in [4.69, 9.17) is 10.3 Å². The number of aromatic nitrogens is 2. The van der Waals surface area contributed by atoms with Crippen LogP contribution in [0.4, 0.5) is 0 Å². The van der Waals surface area contributed by atoms with E-state index in [2.05, 4.69) is 34.4 Å². The van der Waals surface area contributed by atoms with Gasteiger partial charge in [-0.2, -0.15) is 4.98 Å². The number of hydrogen-bond acceptors (Lipinski definition) is 4. The first-order valence-corrected chi connectivity index (χ1v) is 7.67. The van der Waals surface area contributed by atoms with Crippen LogP contribution in [0.25, 0.3) is 0 Å². The van der Waals surface area contributed by atoms with Gasteiger partial charge in [0.15, 0.2) is 5.82 Å². The molecule has 2 N–H and O–H groups in total. The molecule has 1 heterocycles. The minimum Gasteiger partial charge on any atom is -0.339 e. The fourth-order valence-corrected chi connectivity index (χ4v) is 3.29. The normalized spacial score (nSPS) is 18.0. The van der Waals surface area contributed by atoms with Crippen LogP contribution < -0.4 is 5.73 Å². The highest BCUT2D eigenvalue weighted by Gasteiger charge is 2.41. The van der Waals surface area contributed by atoms with Crippen LogP contribution >= 0.6 is 0 Å². The molecule has 1 aromatic carbocycles. The van der Waals surface area contributed by atoms with Gasteiger partial charge in [0.25, 0.3) is 0 Å². The summed E-state index contributed by atoms with van der Waals surface area (Å²) >= 11 is 0. The highest BCUT2D eigenvalue weighted by Crippen LogP contribution is 2.45. The zero-order valence-corrected chi connectivity index (χ0v) is 12.8. The van der Waals surface area contributed by atoms with Gasteiger partial charge in [0.05, 0.1) is 5.41 Å². The second kappa shape index (κ2) is 5.26. The van der Waals surface area contributed by atoms with Gasteiger partial charge in [0, 0.05) is 12.0 Å². The molecule has 2 aromatic rings. The molecule has 0 saturated heterocycles. The average Bonchev–Trinajstić information content (AvgIpc) is 3.07. The molecule has 3 rings (SSSR count). The molecule has 21 heavy (non-hydrogen) atoms. The summed E-state index contributed by atoms with van der Waals surface area (Å²) in [4.78, 5) is 4.67. The summed E-state index contributed by atoms with van der Waals surface area (Å²) in [5, 5.41) is 4.29. The summed E-state index contributed by atoms with van der Waals surface area (Å²) in [6.45, 7) is 3.94. The number of benzene rings is 1. The average molecular weight is 285 g/mol. The van der Waals surface area contributed by atoms with Crippen molar-refractivity contribution in [3.05, 3.63) is 47.6 Å². The van der Waals surface area contributed by atoms with Crippen LogP contribution in [0.1, 0.15) is 56.8 Å². The van der Waals surface area contributed by atoms with Crippen LogP contribution in [0.2, 0.25) is 0 Å². The number of nitrogens with two attached hydrogens (primary N) is 1. The Morgan fingerprint density at radius 3 is 2.48 bits per heavy atom. The molecule has 0 atom stereocenters. The Hall–Kier alpha value is -1.68. The van der Waals surface area contributed by atoms with E-state index in [-0.39, 0.29) is 11.0 Å². The van der Waals surface area contributed by atoms with E-state index in [1.807, 2.05) is 19.9 Å². The molecule has 4 heteroatoms. The van der Waals surface area contributed by atoms with Gasteiger partial charge in [-0.05, 0) is 32.3 Å². The van der Waals surface area contributed by atoms with Gasteiger partial charge in [-0.3, -0.25) is 0 Å². The molecule has 0 aliphatic heterocycles. The Morgan fingerprint density at radius 2 is 1.86 bits per heavy atom. The third kappa shape index (κ3) is 2.86. The van der Waals surface area contributed by atoms with E-state index in [1.165, 1.54) is 18.4 Å². The second-order valence-corrected chi connectivity index (χ2v) is 6.83. The summed E-state index contributed by atoms with van der Waals surface area (Å²) in [6.07, 6.45) is 5.19. The molecule has 4 nitrogen and oxygen atoms in total. The van der Waals surface area contributed by atoms with Crippen LogP contribution in [0.15, 0.2) is 34.9 Å². The highest BCUT2D eigenvalue weighted by atomic mass is 16.5. The summed E-state index contributed by atoms with van der Waals surface area (Å²) in [6, 6.07) is 10.6. The van der Waals surface area contributed by atoms with Crippen molar-refractivity contribution in [3.63, 3.8) is 0 Å². The molecule has 1 aliphatic rings. The first-order chi connectivity index (χ1) is 10.00. The van der Waals surface area contributed by atoms with Crippen molar-refractivity contribution in [1.29, 1.82) is 0 Å². The summed E-state index contributed by atoms with van der Waals surface area (Å²) < 4.78 is 5.46. The van der Waals surface area contributed by atoms with Crippen LogP contribution in [-0.2, 0) is 11.8 Å². The maximum Gasteiger partial charge on any atom is 0.228 e. The van der Waals surface area contributed by atoms with Gasteiger partial charge in [-0.25, -0.2) is 0 Å². The van der Waals surface area contributed by atoms with Gasteiger partial charge >= 0.3 is 0 Å². The van der Waals surface area contributed by atoms with E-state index in [0.717, 1.165) is 18.7 Å². The van der Waals surface area contributed by atoms with Gasteiger partial charge in [-0.1, -0.05) is 48.3 Å². The van der Waals surface area contributed by atoms with E-state index in [1.54, 1.807) is 0 Å². The molecule has 1 fully saturated rings. The number of nitrogens with zero attached hydrogens (tertiary/aromatic N) is 2. The summed E-state index contributed by atoms with van der Waals surface area (Å²) in [5.41, 5.74) is 6.92. The predicted octanol–water partition coefficient (Wildman–Crippen LogP) is 3.21. The lowest BCUT2D eigenvalue weighted by atomic mass is 9.78. The lowest BCUT2D eigenvalue weighted by Gasteiger charge is -2.25. The third-order valence-electron chi connectivity index (χ3n) is 4.29. The summed E-state index contributed by atoms with van der Waals surface area (Å²) in [5.74, 6) is 1.46. The molecule has 0 radical (unpaired) electrons. The predicted molar refractivity (Wildman–Crippen MR) is 82.0 cm³/mol. The van der Waals surface area contributed by atoms with Crippen molar-refractivity contribution in [2.75, 3.05) is 0 Å². The van der Waals surface area contributed by atoms with Crippen molar-refractivity contribution in [3.8, 4) is 0 Å². The Balaban J connectivity index is 1.96. The topological polar surface area (TPSA) is 64.9 Å². The van der Waals surface area contributed by atoms with Crippen molar-refractivity contribution >= 4 is 0 Å². The van der Waals surface area contributed by atoms with E-state index < -0.39 is 0 Å². The fourth-order valence-electron chi connectivity index (χ4n) is 3.29. The summed E-state index contributed by atoms with van der Waals surface area (Å²) in [7, 11) is 0. The van der Waals surface area contributed by atoms with Crippen molar-refractivity contribution in [2.45, 2.75) is 56.9 Å². The van der Waals surface area contributed by atoms with Crippen LogP contribution in [0.5, 0.6) is 0 Å². The van der Waals surface area contributed by atoms with Gasteiger partial charge in [0.2, 0.25) is 5.89 Å². The van der Waals surface area contributed by atoms with Gasteiger partial charge in [-0.15, -0.1) is 0 Å². The zero-order valence-electron chi connectivity index (χ0n) is 12.8. The molecule has 1 aliphatic carbocycles. The smallest absolute Gasteiger partial charge is 0.228 e. The molecule has 0 spiro atoms. The lowest BCUT2D eigenvalue weighted by molar-refractivity contribution is 0.337. The first-order valence-electron chi connectivity index (χ1n) is 7.67. The fraction of sp³-hybridized carbons (Fsp3) is 0.529. The largest absolute Gasteiger partial charge is 0.339 e. The molecule has 0 unspecified atom stereocenters. The molecule has 1 aromatic heterocycles. The Morgan fingerprint density at radius 1 is 1.19 bits per heavy atom. The van der Waals surface area contributed by atoms with E-state index in [9.17, 15) is 0 Å². The molecule has 112 valence electrons. The van der Waals surface area contributed by atoms with Crippen LogP contribution in [-0.4, -0.2) is 15.7 Å². The molecule has 1 saturated carbocycles. The van der Waals surface area contributed by atoms with Crippen LogP contribution in [0, 0.1) is 0 Å². The van der Waals surface area contributed by atoms with E-state index >= 15 is 0 Å². The standard InChI is InChI=1S/C17H23N3O/c1-16(2,18)12-14-19-15(20-21-14)17(10-6-7-11-17)13-8-4-3-5-9-13/h3-5,8-9H,6-7,10-12,18H2,1-2H3. The Kier molecular flexibility index (Phi) is 3.57. The minimum atomic E-state index is -0.334. The zero-order chi connectivity index (χ0) is 14.9. The molecule has 0 bridgehead atoms. The molecular weight excluding hydrogens is 262 g/mol. The number of rotatable bonds is 4. The highest BCUT2D eigenvalue weighted by molar-refractivity contribution is 5.33. The Labute approximate surface area is 125 Å². The minimum absolute atomic E-state index is 0.0816. The van der Waals surface area contributed by atoms with Crippen molar-refractivity contribution in [1.82, 2.24) is 10.1 Å². The molecular formula is C17H23N3O. The lowest BCUT2D eigenvalue weighted by Crippen LogP contribution is -2.34. The van der Waals surface area contributed by atoms with E-state index in [0.29, 0.717) is 12.3 Å². The SMILES string of the molecule is CC(C)(N)Cc1nc(C2(c3ccccc3)CCCC2)no1. The Bertz CT molecular complexity index is 592. The van der Waals surface area contributed by atoms with Gasteiger partial charge < -0.3 is 10.3 Å². The van der Waals surface area contributed by atoms with Crippen LogP contribution in [0.3, 0.4) is 0 Å². The third-order valence-corrected chi connectivity index (χ3v) is 4.29. The quantitative estimate of drug-likeness (QED) is 0.936. The second-order valence-electron chi connectivity index (χ2n) is 6.83. The first kappa shape index (κ1) is 14.3. The van der Waals surface area contributed by atoms with Crippen molar-refractivity contribution < 1.29 is 4.52 Å². The van der Waals surface area contributed by atoms with Crippen molar-refractivity contribution in [2.24, 2.45) is 5.73 Å². The number of hydrogen-bond donors (Lipinski definition) is 1. The maximum absolute atomic E-state index is 6.05. The maximum atomic E-state index is 6.05. The molecule has 0 amide bonds.